The molecule has 156 valence electrons. The van der Waals surface area contributed by atoms with Crippen molar-refractivity contribution in [2.45, 2.75) is 116 Å². The first-order chi connectivity index (χ1) is 13.2. The van der Waals surface area contributed by atoms with Crippen molar-refractivity contribution in [3.63, 3.8) is 0 Å². The molecule has 0 aromatic heterocycles. The summed E-state index contributed by atoms with van der Waals surface area (Å²) in [5, 5.41) is 2.64. The third-order valence-electron chi connectivity index (χ3n) is 5.18. The molecule has 1 aliphatic heterocycles. The molecule has 0 aromatic carbocycles. The Morgan fingerprint density at radius 1 is 0.926 bits per heavy atom. The lowest BCUT2D eigenvalue weighted by Crippen LogP contribution is -2.34. The van der Waals surface area contributed by atoms with Crippen molar-refractivity contribution in [2.24, 2.45) is 0 Å². The summed E-state index contributed by atoms with van der Waals surface area (Å²) >= 11 is 0. The highest BCUT2D eigenvalue weighted by molar-refractivity contribution is 5.87. The molecule has 1 saturated heterocycles. The average molecular weight is 380 g/mol. The van der Waals surface area contributed by atoms with Crippen LogP contribution in [0.25, 0.3) is 0 Å². The molecule has 1 rings (SSSR count). The lowest BCUT2D eigenvalue weighted by molar-refractivity contribution is -0.146. The van der Waals surface area contributed by atoms with Crippen molar-refractivity contribution < 1.29 is 14.3 Å². The van der Waals surface area contributed by atoms with Gasteiger partial charge in [-0.05, 0) is 38.5 Å². The van der Waals surface area contributed by atoms with Crippen LogP contribution in [0, 0.1) is 0 Å². The highest BCUT2D eigenvalue weighted by Crippen LogP contribution is 2.11. The fraction of sp³-hybridized carbons (Fsp3) is 0.826. The summed E-state index contributed by atoms with van der Waals surface area (Å²) in [5.74, 6) is -0.317. The minimum atomic E-state index is -0.411. The number of nitrogens with one attached hydrogen (secondary N) is 1. The van der Waals surface area contributed by atoms with Gasteiger partial charge in [0.05, 0.1) is 6.61 Å². The van der Waals surface area contributed by atoms with E-state index in [-0.39, 0.29) is 11.9 Å². The molecule has 1 fully saturated rings. The summed E-state index contributed by atoms with van der Waals surface area (Å²) in [4.78, 5) is 22.8. The standard InChI is InChI=1S/C23H41NO3/c1-2-3-4-5-6-7-8-9-10-11-12-13-14-15-16-17-20-27-23(26)21-18-19-22(25)24-21/h9-10,21H,2-8,11-20H2,1H3,(H,24,25)/b10-9+/t21-/m0/s1. The maximum Gasteiger partial charge on any atom is 0.328 e. The smallest absolute Gasteiger partial charge is 0.328 e. The molecule has 1 aliphatic rings. The molecule has 0 bridgehead atoms. The Morgan fingerprint density at radius 3 is 2.04 bits per heavy atom. The van der Waals surface area contributed by atoms with Crippen molar-refractivity contribution in [1.82, 2.24) is 5.32 Å². The number of hydrogen-bond acceptors (Lipinski definition) is 3. The largest absolute Gasteiger partial charge is 0.464 e. The summed E-state index contributed by atoms with van der Waals surface area (Å²) in [6.45, 7) is 2.74. The Morgan fingerprint density at radius 2 is 1.48 bits per heavy atom. The SMILES string of the molecule is CCCCCCCC/C=C/CCCCCCCCOC(=O)[C@@H]1CCC(=O)N1. The Hall–Kier alpha value is -1.32. The predicted molar refractivity (Wildman–Crippen MR) is 112 cm³/mol. The van der Waals surface area contributed by atoms with Gasteiger partial charge in [-0.2, -0.15) is 0 Å². The second kappa shape index (κ2) is 16.8. The van der Waals surface area contributed by atoms with E-state index in [1.165, 1.54) is 77.0 Å². The number of carbonyl (C=O) groups is 2. The summed E-state index contributed by atoms with van der Waals surface area (Å²) in [7, 11) is 0. The van der Waals surface area contributed by atoms with Crippen LogP contribution in [0.1, 0.15) is 110 Å². The molecule has 0 aliphatic carbocycles. The minimum Gasteiger partial charge on any atom is -0.464 e. The number of amides is 1. The zero-order valence-corrected chi connectivity index (χ0v) is 17.5. The third-order valence-corrected chi connectivity index (χ3v) is 5.18. The molecule has 1 atom stereocenters. The lowest BCUT2D eigenvalue weighted by atomic mass is 10.1. The number of hydrogen-bond donors (Lipinski definition) is 1. The van der Waals surface area contributed by atoms with Gasteiger partial charge in [0.1, 0.15) is 6.04 Å². The van der Waals surface area contributed by atoms with E-state index in [2.05, 4.69) is 24.4 Å². The second-order valence-corrected chi connectivity index (χ2v) is 7.76. The molecule has 1 heterocycles. The van der Waals surface area contributed by atoms with Crippen LogP contribution in [-0.4, -0.2) is 24.5 Å². The fourth-order valence-corrected chi connectivity index (χ4v) is 3.41. The van der Waals surface area contributed by atoms with Crippen LogP contribution in [0.2, 0.25) is 0 Å². The van der Waals surface area contributed by atoms with Gasteiger partial charge in [0, 0.05) is 6.42 Å². The molecule has 0 saturated carbocycles. The monoisotopic (exact) mass is 379 g/mol. The topological polar surface area (TPSA) is 55.4 Å². The molecule has 1 amide bonds. The lowest BCUT2D eigenvalue weighted by Gasteiger charge is -2.09. The fourth-order valence-electron chi connectivity index (χ4n) is 3.41. The van der Waals surface area contributed by atoms with Crippen LogP contribution in [0.3, 0.4) is 0 Å². The highest BCUT2D eigenvalue weighted by Gasteiger charge is 2.28. The Kier molecular flexibility index (Phi) is 14.8. The number of unbranched alkanes of at least 4 members (excludes halogenated alkanes) is 12. The van der Waals surface area contributed by atoms with E-state index in [1.54, 1.807) is 0 Å². The van der Waals surface area contributed by atoms with Crippen LogP contribution in [0.4, 0.5) is 0 Å². The van der Waals surface area contributed by atoms with Crippen LogP contribution in [0.5, 0.6) is 0 Å². The Balaban J connectivity index is 1.77. The summed E-state index contributed by atoms with van der Waals surface area (Å²) in [6, 6.07) is -0.411. The number of carbonyl (C=O) groups excluding carboxylic acids is 2. The minimum absolute atomic E-state index is 0.0470. The molecular formula is C23H41NO3. The van der Waals surface area contributed by atoms with Crippen molar-refractivity contribution in [3.05, 3.63) is 12.2 Å². The molecule has 0 aromatic rings. The first-order valence-electron chi connectivity index (χ1n) is 11.3. The van der Waals surface area contributed by atoms with Crippen LogP contribution < -0.4 is 5.32 Å². The predicted octanol–water partition coefficient (Wildman–Crippen LogP) is 5.85. The van der Waals surface area contributed by atoms with Crippen molar-refractivity contribution in [3.8, 4) is 0 Å². The van der Waals surface area contributed by atoms with Gasteiger partial charge in [-0.3, -0.25) is 4.79 Å². The van der Waals surface area contributed by atoms with E-state index in [0.717, 1.165) is 12.8 Å². The Bertz CT molecular complexity index is 420. The van der Waals surface area contributed by atoms with Crippen molar-refractivity contribution >= 4 is 11.9 Å². The molecule has 4 heteroatoms. The van der Waals surface area contributed by atoms with Gasteiger partial charge < -0.3 is 10.1 Å². The van der Waals surface area contributed by atoms with Crippen LogP contribution in [0.15, 0.2) is 12.2 Å². The zero-order valence-electron chi connectivity index (χ0n) is 17.5. The third kappa shape index (κ3) is 13.5. The zero-order chi connectivity index (χ0) is 19.6. The number of allylic oxidation sites excluding steroid dienone is 2. The quantitative estimate of drug-likeness (QED) is 0.196. The molecule has 0 unspecified atom stereocenters. The van der Waals surface area contributed by atoms with E-state index in [4.69, 9.17) is 4.74 Å². The molecule has 0 radical (unpaired) electrons. The van der Waals surface area contributed by atoms with Crippen LogP contribution >= 0.6 is 0 Å². The molecule has 1 N–H and O–H groups in total. The van der Waals surface area contributed by atoms with E-state index < -0.39 is 6.04 Å². The maximum absolute atomic E-state index is 11.7. The highest BCUT2D eigenvalue weighted by atomic mass is 16.5. The molecular weight excluding hydrogens is 338 g/mol. The van der Waals surface area contributed by atoms with E-state index >= 15 is 0 Å². The van der Waals surface area contributed by atoms with E-state index in [1.807, 2.05) is 0 Å². The molecule has 27 heavy (non-hydrogen) atoms. The summed E-state index contributed by atoms with van der Waals surface area (Å²) in [6.07, 6.45) is 23.5. The van der Waals surface area contributed by atoms with Gasteiger partial charge in [0.25, 0.3) is 0 Å². The van der Waals surface area contributed by atoms with Gasteiger partial charge >= 0.3 is 5.97 Å². The van der Waals surface area contributed by atoms with Gasteiger partial charge in [0.15, 0.2) is 0 Å². The van der Waals surface area contributed by atoms with E-state index in [9.17, 15) is 9.59 Å². The van der Waals surface area contributed by atoms with Crippen molar-refractivity contribution in [2.75, 3.05) is 6.61 Å². The second-order valence-electron chi connectivity index (χ2n) is 7.76. The summed E-state index contributed by atoms with van der Waals surface area (Å²) < 4.78 is 5.23. The van der Waals surface area contributed by atoms with Gasteiger partial charge in [-0.1, -0.05) is 76.9 Å². The summed E-state index contributed by atoms with van der Waals surface area (Å²) in [5.41, 5.74) is 0. The van der Waals surface area contributed by atoms with Crippen molar-refractivity contribution in [1.29, 1.82) is 0 Å². The normalized spacial score (nSPS) is 16.8. The first-order valence-corrected chi connectivity index (χ1v) is 11.3. The number of rotatable bonds is 17. The average Bonchev–Trinajstić information content (AvgIpc) is 3.10. The maximum atomic E-state index is 11.7. The van der Waals surface area contributed by atoms with Gasteiger partial charge in [0.2, 0.25) is 5.91 Å². The number of esters is 1. The molecule has 4 nitrogen and oxygen atoms in total. The number of ether oxygens (including phenoxy) is 1. The first kappa shape index (κ1) is 23.7. The van der Waals surface area contributed by atoms with Crippen LogP contribution in [-0.2, 0) is 14.3 Å². The van der Waals surface area contributed by atoms with Gasteiger partial charge in [-0.25, -0.2) is 4.79 Å². The Labute approximate surface area is 166 Å². The molecule has 0 spiro atoms. The van der Waals surface area contributed by atoms with E-state index in [0.29, 0.717) is 19.4 Å². The van der Waals surface area contributed by atoms with Gasteiger partial charge in [-0.15, -0.1) is 0 Å².